The van der Waals surface area contributed by atoms with Crippen LogP contribution in [-0.4, -0.2) is 48.4 Å². The Kier molecular flexibility index (Phi) is 5.06. The predicted octanol–water partition coefficient (Wildman–Crippen LogP) is 1.87. The molecule has 1 heterocycles. The highest BCUT2D eigenvalue weighted by Gasteiger charge is 2.36. The number of carbonyl (C=O) groups excluding carboxylic acids is 1. The minimum atomic E-state index is -3.34. The SMILES string of the molecule is CCS(=O)(=O)C1CSCCN1C(=O)c1cc(N)ccc1Cl. The second-order valence-electron chi connectivity index (χ2n) is 4.72. The summed E-state index contributed by atoms with van der Waals surface area (Å²) in [6.45, 7) is 1.98. The number of hydrogen-bond donors (Lipinski definition) is 1. The van der Waals surface area contributed by atoms with Gasteiger partial charge < -0.3 is 10.6 Å². The maximum atomic E-state index is 12.7. The fourth-order valence-electron chi connectivity index (χ4n) is 2.16. The molecule has 0 aliphatic carbocycles. The molecule has 5 nitrogen and oxygen atoms in total. The Balaban J connectivity index is 2.37. The summed E-state index contributed by atoms with van der Waals surface area (Å²) in [7, 11) is -3.34. The molecule has 1 aliphatic heterocycles. The van der Waals surface area contributed by atoms with E-state index in [1.54, 1.807) is 19.1 Å². The lowest BCUT2D eigenvalue weighted by atomic mass is 10.1. The molecule has 21 heavy (non-hydrogen) atoms. The maximum absolute atomic E-state index is 12.7. The third kappa shape index (κ3) is 3.46. The highest BCUT2D eigenvalue weighted by Crippen LogP contribution is 2.26. The van der Waals surface area contributed by atoms with E-state index < -0.39 is 15.2 Å². The van der Waals surface area contributed by atoms with E-state index in [-0.39, 0.29) is 22.2 Å². The minimum Gasteiger partial charge on any atom is -0.399 e. The Morgan fingerprint density at radius 2 is 2.24 bits per heavy atom. The highest BCUT2D eigenvalue weighted by molar-refractivity contribution is 8.01. The Bertz CT molecular complexity index is 649. The Morgan fingerprint density at radius 3 is 2.90 bits per heavy atom. The van der Waals surface area contributed by atoms with Crippen molar-refractivity contribution < 1.29 is 13.2 Å². The first kappa shape index (κ1) is 16.5. The van der Waals surface area contributed by atoms with Crippen LogP contribution in [0.2, 0.25) is 5.02 Å². The number of rotatable bonds is 3. The van der Waals surface area contributed by atoms with E-state index in [1.165, 1.54) is 22.7 Å². The summed E-state index contributed by atoms with van der Waals surface area (Å²) in [4.78, 5) is 14.1. The maximum Gasteiger partial charge on any atom is 0.256 e. The first-order valence-corrected chi connectivity index (χ1v) is 9.77. The Labute approximate surface area is 133 Å². The average molecular weight is 349 g/mol. The van der Waals surface area contributed by atoms with Gasteiger partial charge in [-0.2, -0.15) is 11.8 Å². The number of hydrogen-bond acceptors (Lipinski definition) is 5. The van der Waals surface area contributed by atoms with Gasteiger partial charge >= 0.3 is 0 Å². The zero-order valence-corrected chi connectivity index (χ0v) is 14.0. The predicted molar refractivity (Wildman–Crippen MR) is 87.5 cm³/mol. The Morgan fingerprint density at radius 1 is 1.52 bits per heavy atom. The first-order valence-electron chi connectivity index (χ1n) is 6.52. The largest absolute Gasteiger partial charge is 0.399 e. The fourth-order valence-corrected chi connectivity index (χ4v) is 5.33. The number of nitrogens with two attached hydrogens (primary N) is 1. The molecule has 1 amide bonds. The van der Waals surface area contributed by atoms with Crippen molar-refractivity contribution in [2.45, 2.75) is 12.3 Å². The standard InChI is InChI=1S/C13H17ClN2O3S2/c1-2-21(18,19)12-8-20-6-5-16(12)13(17)10-7-9(15)3-4-11(10)14/h3-4,7,12H,2,5-6,8,15H2,1H3. The van der Waals surface area contributed by atoms with Crippen LogP contribution in [0.5, 0.6) is 0 Å². The van der Waals surface area contributed by atoms with Crippen molar-refractivity contribution in [3.05, 3.63) is 28.8 Å². The summed E-state index contributed by atoms with van der Waals surface area (Å²) in [6, 6.07) is 4.64. The van der Waals surface area contributed by atoms with E-state index in [4.69, 9.17) is 17.3 Å². The second-order valence-corrected chi connectivity index (χ2v) is 8.72. The molecule has 0 aromatic heterocycles. The second kappa shape index (κ2) is 6.46. The Hall–Kier alpha value is -0.920. The molecular weight excluding hydrogens is 332 g/mol. The molecule has 1 aliphatic rings. The topological polar surface area (TPSA) is 80.5 Å². The van der Waals surface area contributed by atoms with E-state index in [0.29, 0.717) is 23.7 Å². The van der Waals surface area contributed by atoms with Crippen LogP contribution in [0.1, 0.15) is 17.3 Å². The summed E-state index contributed by atoms with van der Waals surface area (Å²) in [5.74, 6) is 0.727. The van der Waals surface area contributed by atoms with Gasteiger partial charge in [0.2, 0.25) is 0 Å². The van der Waals surface area contributed by atoms with Crippen molar-refractivity contribution in [1.82, 2.24) is 4.90 Å². The third-order valence-electron chi connectivity index (χ3n) is 3.38. The van der Waals surface area contributed by atoms with Crippen molar-refractivity contribution in [3.8, 4) is 0 Å². The van der Waals surface area contributed by atoms with Crippen molar-refractivity contribution in [2.75, 3.05) is 29.5 Å². The zero-order valence-electron chi connectivity index (χ0n) is 11.6. The molecule has 0 saturated carbocycles. The summed E-state index contributed by atoms with van der Waals surface area (Å²) < 4.78 is 24.4. The number of amides is 1. The van der Waals surface area contributed by atoms with Crippen LogP contribution in [0.3, 0.4) is 0 Å². The summed E-state index contributed by atoms with van der Waals surface area (Å²) in [5.41, 5.74) is 6.36. The van der Waals surface area contributed by atoms with Crippen LogP contribution in [0.25, 0.3) is 0 Å². The fraction of sp³-hybridized carbons (Fsp3) is 0.462. The van der Waals surface area contributed by atoms with Gasteiger partial charge in [0.1, 0.15) is 5.37 Å². The number of nitrogens with zero attached hydrogens (tertiary/aromatic N) is 1. The van der Waals surface area contributed by atoms with Crippen LogP contribution in [-0.2, 0) is 9.84 Å². The minimum absolute atomic E-state index is 0.00661. The summed E-state index contributed by atoms with van der Waals surface area (Å²) in [6.07, 6.45) is 0. The van der Waals surface area contributed by atoms with E-state index in [9.17, 15) is 13.2 Å². The number of halogens is 1. The molecule has 0 bridgehead atoms. The molecule has 1 unspecified atom stereocenters. The van der Waals surface area contributed by atoms with E-state index >= 15 is 0 Å². The lowest BCUT2D eigenvalue weighted by Gasteiger charge is -2.34. The van der Waals surface area contributed by atoms with E-state index in [2.05, 4.69) is 0 Å². The van der Waals surface area contributed by atoms with Gasteiger partial charge in [-0.25, -0.2) is 8.42 Å². The van der Waals surface area contributed by atoms with Crippen molar-refractivity contribution >= 4 is 44.8 Å². The number of nitrogen functional groups attached to an aromatic ring is 1. The monoisotopic (exact) mass is 348 g/mol. The van der Waals surface area contributed by atoms with Gasteiger partial charge in [-0.05, 0) is 18.2 Å². The molecule has 1 saturated heterocycles. The van der Waals surface area contributed by atoms with Gasteiger partial charge in [-0.15, -0.1) is 0 Å². The van der Waals surface area contributed by atoms with Crippen LogP contribution in [0.4, 0.5) is 5.69 Å². The van der Waals surface area contributed by atoms with Gasteiger partial charge in [0.05, 0.1) is 10.6 Å². The van der Waals surface area contributed by atoms with Gasteiger partial charge in [0.25, 0.3) is 5.91 Å². The number of thioether (sulfide) groups is 1. The average Bonchev–Trinajstić information content (AvgIpc) is 2.49. The molecule has 8 heteroatoms. The van der Waals surface area contributed by atoms with E-state index in [1.807, 2.05) is 0 Å². The number of carbonyl (C=O) groups is 1. The van der Waals surface area contributed by atoms with Crippen LogP contribution in [0.15, 0.2) is 18.2 Å². The van der Waals surface area contributed by atoms with Crippen molar-refractivity contribution in [3.63, 3.8) is 0 Å². The van der Waals surface area contributed by atoms with Crippen LogP contribution < -0.4 is 5.73 Å². The zero-order chi connectivity index (χ0) is 15.6. The van der Waals surface area contributed by atoms with Gasteiger partial charge in [0, 0.05) is 29.5 Å². The summed E-state index contributed by atoms with van der Waals surface area (Å²) in [5, 5.41) is -0.522. The number of benzene rings is 1. The van der Waals surface area contributed by atoms with Gasteiger partial charge in [-0.1, -0.05) is 18.5 Å². The molecule has 0 radical (unpaired) electrons. The highest BCUT2D eigenvalue weighted by atomic mass is 35.5. The smallest absolute Gasteiger partial charge is 0.256 e. The first-order chi connectivity index (χ1) is 9.86. The molecule has 1 aromatic rings. The lowest BCUT2D eigenvalue weighted by Crippen LogP contribution is -2.50. The van der Waals surface area contributed by atoms with Crippen molar-refractivity contribution in [2.24, 2.45) is 0 Å². The normalized spacial score (nSPS) is 19.5. The molecule has 2 N–H and O–H groups in total. The lowest BCUT2D eigenvalue weighted by molar-refractivity contribution is 0.0749. The van der Waals surface area contributed by atoms with E-state index in [0.717, 1.165) is 0 Å². The molecule has 2 rings (SSSR count). The summed E-state index contributed by atoms with van der Waals surface area (Å²) >= 11 is 7.59. The molecule has 1 atom stereocenters. The van der Waals surface area contributed by atoms with Crippen LogP contribution >= 0.6 is 23.4 Å². The van der Waals surface area contributed by atoms with Gasteiger partial charge in [0.15, 0.2) is 9.84 Å². The van der Waals surface area contributed by atoms with Crippen LogP contribution in [0, 0.1) is 0 Å². The molecule has 0 spiro atoms. The van der Waals surface area contributed by atoms with Crippen molar-refractivity contribution in [1.29, 1.82) is 0 Å². The van der Waals surface area contributed by atoms with Gasteiger partial charge in [-0.3, -0.25) is 4.79 Å². The number of anilines is 1. The number of sulfone groups is 1. The molecule has 1 fully saturated rings. The molecule has 116 valence electrons. The molecule has 1 aromatic carbocycles. The third-order valence-corrected chi connectivity index (χ3v) is 7.00. The molecular formula is C13H17ClN2O3S2. The quantitative estimate of drug-likeness (QED) is 0.843.